The summed E-state index contributed by atoms with van der Waals surface area (Å²) in [6, 6.07) is 11.4. The van der Waals surface area contributed by atoms with Crippen LogP contribution in [-0.2, 0) is 9.53 Å². The third-order valence-corrected chi connectivity index (χ3v) is 3.44. The summed E-state index contributed by atoms with van der Waals surface area (Å²) >= 11 is 5.91. The molecule has 0 aliphatic rings. The van der Waals surface area contributed by atoms with Crippen molar-refractivity contribution < 1.29 is 23.8 Å². The topological polar surface area (TPSA) is 73.9 Å². The van der Waals surface area contributed by atoms with Crippen LogP contribution in [0.15, 0.2) is 42.5 Å². The van der Waals surface area contributed by atoms with Crippen molar-refractivity contribution in [2.24, 2.45) is 0 Å². The van der Waals surface area contributed by atoms with E-state index in [-0.39, 0.29) is 10.6 Å². The average Bonchev–Trinajstić information content (AvgIpc) is 2.60. The van der Waals surface area contributed by atoms with Crippen molar-refractivity contribution in [2.45, 2.75) is 0 Å². The van der Waals surface area contributed by atoms with Crippen LogP contribution in [0.1, 0.15) is 10.4 Å². The number of hydrogen-bond acceptors (Lipinski definition) is 5. The Morgan fingerprint density at radius 3 is 2.50 bits per heavy atom. The maximum Gasteiger partial charge on any atom is 0.340 e. The molecule has 0 aromatic heterocycles. The second-order valence-electron chi connectivity index (χ2n) is 4.67. The van der Waals surface area contributed by atoms with Gasteiger partial charge in [-0.3, -0.25) is 4.79 Å². The number of halogens is 1. The Balaban J connectivity index is 1.99. The molecule has 0 bridgehead atoms. The van der Waals surface area contributed by atoms with E-state index in [0.717, 1.165) is 0 Å². The van der Waals surface area contributed by atoms with Crippen molar-refractivity contribution in [3.8, 4) is 11.5 Å². The lowest BCUT2D eigenvalue weighted by atomic mass is 10.2. The molecule has 7 heteroatoms. The molecule has 2 aromatic carbocycles. The highest BCUT2D eigenvalue weighted by atomic mass is 35.5. The molecule has 1 amide bonds. The number of nitrogens with one attached hydrogen (secondary N) is 1. The number of methoxy groups -OCH3 is 2. The predicted octanol–water partition coefficient (Wildman–Crippen LogP) is 3.15. The van der Waals surface area contributed by atoms with Crippen LogP contribution in [0, 0.1) is 0 Å². The van der Waals surface area contributed by atoms with E-state index in [0.29, 0.717) is 17.2 Å². The number of carbonyl (C=O) groups excluding carboxylic acids is 2. The Kier molecular flexibility index (Phi) is 6.03. The second kappa shape index (κ2) is 8.21. The lowest BCUT2D eigenvalue weighted by Crippen LogP contribution is -2.21. The third-order valence-electron chi connectivity index (χ3n) is 3.11. The van der Waals surface area contributed by atoms with Crippen LogP contribution >= 0.6 is 11.6 Å². The van der Waals surface area contributed by atoms with Gasteiger partial charge in [-0.25, -0.2) is 4.79 Å². The zero-order chi connectivity index (χ0) is 17.5. The van der Waals surface area contributed by atoms with Crippen LogP contribution in [0.2, 0.25) is 5.02 Å². The zero-order valence-electron chi connectivity index (χ0n) is 13.2. The summed E-state index contributed by atoms with van der Waals surface area (Å²) < 4.78 is 15.2. The fraction of sp³-hybridized carbons (Fsp3) is 0.176. The van der Waals surface area contributed by atoms with E-state index in [9.17, 15) is 9.59 Å². The zero-order valence-corrected chi connectivity index (χ0v) is 13.9. The minimum atomic E-state index is -0.673. The average molecular weight is 350 g/mol. The first kappa shape index (κ1) is 17.6. The number of amides is 1. The summed E-state index contributed by atoms with van der Waals surface area (Å²) in [6.45, 7) is -0.454. The van der Waals surface area contributed by atoms with Crippen LogP contribution in [0.4, 0.5) is 5.69 Å². The fourth-order valence-corrected chi connectivity index (χ4v) is 2.15. The maximum absolute atomic E-state index is 12.0. The Hall–Kier alpha value is -2.73. The van der Waals surface area contributed by atoms with E-state index < -0.39 is 18.5 Å². The van der Waals surface area contributed by atoms with E-state index in [2.05, 4.69) is 5.32 Å². The van der Waals surface area contributed by atoms with Gasteiger partial charge >= 0.3 is 5.97 Å². The molecule has 6 nitrogen and oxygen atoms in total. The molecule has 2 aromatic rings. The van der Waals surface area contributed by atoms with Crippen molar-refractivity contribution in [1.29, 1.82) is 0 Å². The Labute approximate surface area is 144 Å². The number of benzene rings is 2. The molecule has 0 radical (unpaired) electrons. The van der Waals surface area contributed by atoms with Crippen LogP contribution in [0.3, 0.4) is 0 Å². The molecule has 0 heterocycles. The highest BCUT2D eigenvalue weighted by Gasteiger charge is 2.14. The number of esters is 1. The molecule has 126 valence electrons. The minimum Gasteiger partial charge on any atom is -0.497 e. The molecular weight excluding hydrogens is 334 g/mol. The number of anilines is 1. The Morgan fingerprint density at radius 1 is 1.08 bits per heavy atom. The molecule has 0 saturated carbocycles. The van der Waals surface area contributed by atoms with Gasteiger partial charge < -0.3 is 19.5 Å². The van der Waals surface area contributed by atoms with Crippen LogP contribution in [0.25, 0.3) is 0 Å². The molecule has 24 heavy (non-hydrogen) atoms. The van der Waals surface area contributed by atoms with Gasteiger partial charge in [0.1, 0.15) is 11.5 Å². The molecule has 0 aliphatic heterocycles. The van der Waals surface area contributed by atoms with Gasteiger partial charge in [0.05, 0.1) is 30.5 Å². The molecule has 0 aliphatic carbocycles. The van der Waals surface area contributed by atoms with Crippen LogP contribution in [-0.4, -0.2) is 32.7 Å². The van der Waals surface area contributed by atoms with Gasteiger partial charge in [-0.1, -0.05) is 23.7 Å². The van der Waals surface area contributed by atoms with Crippen molar-refractivity contribution in [1.82, 2.24) is 0 Å². The number of hydrogen-bond donors (Lipinski definition) is 1. The summed E-state index contributed by atoms with van der Waals surface area (Å²) in [5.74, 6) is -0.170. The first-order chi connectivity index (χ1) is 11.5. The quantitative estimate of drug-likeness (QED) is 0.811. The first-order valence-corrected chi connectivity index (χ1v) is 7.36. The largest absolute Gasteiger partial charge is 0.497 e. The normalized spacial score (nSPS) is 9.96. The molecule has 0 atom stereocenters. The summed E-state index contributed by atoms with van der Waals surface area (Å²) in [4.78, 5) is 23.9. The summed E-state index contributed by atoms with van der Waals surface area (Å²) in [5.41, 5.74) is 0.613. The van der Waals surface area contributed by atoms with Gasteiger partial charge in [0.15, 0.2) is 6.61 Å². The predicted molar refractivity (Wildman–Crippen MR) is 89.9 cm³/mol. The molecule has 0 fully saturated rings. The minimum absolute atomic E-state index is 0.200. The summed E-state index contributed by atoms with van der Waals surface area (Å²) in [5, 5.41) is 2.86. The van der Waals surface area contributed by atoms with E-state index in [1.807, 2.05) is 0 Å². The van der Waals surface area contributed by atoms with Crippen LogP contribution in [0.5, 0.6) is 11.5 Å². The van der Waals surface area contributed by atoms with E-state index >= 15 is 0 Å². The van der Waals surface area contributed by atoms with Crippen LogP contribution < -0.4 is 14.8 Å². The Bertz CT molecular complexity index is 748. The van der Waals surface area contributed by atoms with Crippen molar-refractivity contribution >= 4 is 29.2 Å². The second-order valence-corrected chi connectivity index (χ2v) is 5.08. The SMILES string of the molecule is COc1ccc(OC)c(NC(=O)COC(=O)c2ccccc2Cl)c1. The van der Waals surface area contributed by atoms with Gasteiger partial charge in [0.2, 0.25) is 0 Å². The highest BCUT2D eigenvalue weighted by molar-refractivity contribution is 6.33. The first-order valence-electron chi connectivity index (χ1n) is 6.98. The molecular formula is C17H16ClNO5. The maximum atomic E-state index is 12.0. The highest BCUT2D eigenvalue weighted by Crippen LogP contribution is 2.28. The molecule has 0 spiro atoms. The fourth-order valence-electron chi connectivity index (χ4n) is 1.93. The van der Waals surface area contributed by atoms with Gasteiger partial charge in [0.25, 0.3) is 5.91 Å². The lowest BCUT2D eigenvalue weighted by molar-refractivity contribution is -0.119. The number of rotatable bonds is 6. The summed E-state index contributed by atoms with van der Waals surface area (Å²) in [7, 11) is 2.99. The summed E-state index contributed by atoms with van der Waals surface area (Å²) in [6.07, 6.45) is 0. The van der Waals surface area contributed by atoms with Crippen molar-refractivity contribution in [2.75, 3.05) is 26.1 Å². The third kappa shape index (κ3) is 4.39. The number of carbonyl (C=O) groups is 2. The molecule has 2 rings (SSSR count). The van der Waals surface area contributed by atoms with E-state index in [4.69, 9.17) is 25.8 Å². The molecule has 1 N–H and O–H groups in total. The lowest BCUT2D eigenvalue weighted by Gasteiger charge is -2.12. The van der Waals surface area contributed by atoms with E-state index in [1.54, 1.807) is 36.4 Å². The van der Waals surface area contributed by atoms with Crippen molar-refractivity contribution in [3.05, 3.63) is 53.1 Å². The molecule has 0 saturated heterocycles. The monoisotopic (exact) mass is 349 g/mol. The van der Waals surface area contributed by atoms with Gasteiger partial charge in [-0.15, -0.1) is 0 Å². The standard InChI is InChI=1S/C17H16ClNO5/c1-22-11-7-8-15(23-2)14(9-11)19-16(20)10-24-17(21)12-5-3-4-6-13(12)18/h3-9H,10H2,1-2H3,(H,19,20). The Morgan fingerprint density at radius 2 is 1.83 bits per heavy atom. The van der Waals surface area contributed by atoms with Gasteiger partial charge in [0, 0.05) is 6.07 Å². The number of ether oxygens (including phenoxy) is 3. The van der Waals surface area contributed by atoms with Gasteiger partial charge in [-0.2, -0.15) is 0 Å². The smallest absolute Gasteiger partial charge is 0.340 e. The van der Waals surface area contributed by atoms with Crippen molar-refractivity contribution in [3.63, 3.8) is 0 Å². The molecule has 0 unspecified atom stereocenters. The van der Waals surface area contributed by atoms with Gasteiger partial charge in [-0.05, 0) is 24.3 Å². The van der Waals surface area contributed by atoms with E-state index in [1.165, 1.54) is 20.3 Å².